The van der Waals surface area contributed by atoms with Crippen molar-refractivity contribution < 1.29 is 18.7 Å². The molecule has 4 rings (SSSR count). The number of piperidine rings is 2. The van der Waals surface area contributed by atoms with Gasteiger partial charge < -0.3 is 19.0 Å². The number of hydrogen-bond donors (Lipinski definition) is 0. The molecule has 1 aromatic rings. The minimum Gasteiger partial charge on any atom is -0.449 e. The molecule has 0 aliphatic carbocycles. The third-order valence-electron chi connectivity index (χ3n) is 6.55. The maximum atomic E-state index is 13.0. The van der Waals surface area contributed by atoms with E-state index in [-0.39, 0.29) is 35.9 Å². The number of ketones is 1. The zero-order chi connectivity index (χ0) is 20.6. The second kappa shape index (κ2) is 8.09. The lowest BCUT2D eigenvalue weighted by atomic mass is 9.88. The van der Waals surface area contributed by atoms with Gasteiger partial charge in [0, 0.05) is 50.4 Å². The second-order valence-electron chi connectivity index (χ2n) is 9.88. The Morgan fingerprint density at radius 3 is 2.59 bits per heavy atom. The highest BCUT2D eigenvalue weighted by Crippen LogP contribution is 2.29. The highest BCUT2D eigenvalue weighted by Gasteiger charge is 2.38. The monoisotopic (exact) mass is 403 g/mol. The van der Waals surface area contributed by atoms with Crippen molar-refractivity contribution in [3.05, 3.63) is 17.8 Å². The van der Waals surface area contributed by atoms with Crippen LogP contribution in [0.3, 0.4) is 0 Å². The van der Waals surface area contributed by atoms with Crippen LogP contribution < -0.4 is 0 Å². The number of carbonyl (C=O) groups is 2. The average molecular weight is 404 g/mol. The van der Waals surface area contributed by atoms with Gasteiger partial charge in [-0.2, -0.15) is 0 Å². The van der Waals surface area contributed by atoms with Crippen molar-refractivity contribution in [2.45, 2.75) is 64.4 Å². The second-order valence-corrected chi connectivity index (χ2v) is 9.88. The normalized spacial score (nSPS) is 26.5. The standard InChI is InChI=1S/C22H33N3O4/c1-22(2,3)19-14-29-20(23-19)10-15-4-7-24(8-5-15)21(27)25-9-6-18-16(12-25)11-17(26)13-28-18/h14-16,18H,4-13H2,1-3H3/t16-,18+/m0/s1. The maximum Gasteiger partial charge on any atom is 0.320 e. The van der Waals surface area contributed by atoms with Crippen LogP contribution >= 0.6 is 0 Å². The molecule has 0 radical (unpaired) electrons. The van der Waals surface area contributed by atoms with Crippen molar-refractivity contribution in [3.63, 3.8) is 0 Å². The third-order valence-corrected chi connectivity index (χ3v) is 6.55. The summed E-state index contributed by atoms with van der Waals surface area (Å²) in [6, 6.07) is 0.117. The van der Waals surface area contributed by atoms with E-state index in [1.54, 1.807) is 6.26 Å². The third kappa shape index (κ3) is 4.65. The quantitative estimate of drug-likeness (QED) is 0.759. The molecule has 2 amide bonds. The molecule has 3 saturated heterocycles. The molecular weight excluding hydrogens is 370 g/mol. The van der Waals surface area contributed by atoms with Crippen LogP contribution in [0.2, 0.25) is 0 Å². The van der Waals surface area contributed by atoms with Crippen molar-refractivity contribution in [2.75, 3.05) is 32.8 Å². The number of fused-ring (bicyclic) bond motifs is 1. The van der Waals surface area contributed by atoms with E-state index < -0.39 is 0 Å². The van der Waals surface area contributed by atoms with Crippen LogP contribution in [0.1, 0.15) is 58.0 Å². The Labute approximate surface area is 172 Å². The average Bonchev–Trinajstić information content (AvgIpc) is 3.16. The Morgan fingerprint density at radius 2 is 1.90 bits per heavy atom. The van der Waals surface area contributed by atoms with Gasteiger partial charge in [-0.3, -0.25) is 4.79 Å². The van der Waals surface area contributed by atoms with E-state index in [9.17, 15) is 9.59 Å². The van der Waals surface area contributed by atoms with Crippen LogP contribution in [-0.2, 0) is 21.4 Å². The predicted octanol–water partition coefficient (Wildman–Crippen LogP) is 3.03. The highest BCUT2D eigenvalue weighted by molar-refractivity contribution is 5.81. The van der Waals surface area contributed by atoms with Gasteiger partial charge in [-0.25, -0.2) is 9.78 Å². The molecule has 0 spiro atoms. The summed E-state index contributed by atoms with van der Waals surface area (Å²) in [5.41, 5.74) is 0.993. The van der Waals surface area contributed by atoms with E-state index in [0.717, 1.165) is 56.9 Å². The summed E-state index contributed by atoms with van der Waals surface area (Å²) >= 11 is 0. The van der Waals surface area contributed by atoms with Crippen LogP contribution in [0.15, 0.2) is 10.7 Å². The van der Waals surface area contributed by atoms with Crippen LogP contribution in [0.25, 0.3) is 0 Å². The number of oxazole rings is 1. The fraction of sp³-hybridized carbons (Fsp3) is 0.773. The predicted molar refractivity (Wildman–Crippen MR) is 108 cm³/mol. The molecule has 2 atom stereocenters. The summed E-state index contributed by atoms with van der Waals surface area (Å²) in [5, 5.41) is 0. The van der Waals surface area contributed by atoms with E-state index in [2.05, 4.69) is 25.8 Å². The van der Waals surface area contributed by atoms with Gasteiger partial charge in [-0.05, 0) is 25.2 Å². The van der Waals surface area contributed by atoms with Crippen molar-refractivity contribution in [1.29, 1.82) is 0 Å². The van der Waals surface area contributed by atoms with Crippen LogP contribution in [-0.4, -0.2) is 65.5 Å². The first-order chi connectivity index (χ1) is 13.8. The minimum absolute atomic E-state index is 0.00102. The maximum absolute atomic E-state index is 13.0. The van der Waals surface area contributed by atoms with E-state index in [1.165, 1.54) is 0 Å². The number of ether oxygens (including phenoxy) is 1. The smallest absolute Gasteiger partial charge is 0.320 e. The van der Waals surface area contributed by atoms with Gasteiger partial charge in [0.05, 0.1) is 11.8 Å². The number of amides is 2. The van der Waals surface area contributed by atoms with Crippen molar-refractivity contribution in [1.82, 2.24) is 14.8 Å². The van der Waals surface area contributed by atoms with Gasteiger partial charge in [-0.15, -0.1) is 0 Å². The van der Waals surface area contributed by atoms with Crippen LogP contribution in [0.4, 0.5) is 4.79 Å². The summed E-state index contributed by atoms with van der Waals surface area (Å²) in [6.07, 6.45) is 6.08. The van der Waals surface area contributed by atoms with Crippen molar-refractivity contribution in [3.8, 4) is 0 Å². The summed E-state index contributed by atoms with van der Waals surface area (Å²) in [5.74, 6) is 1.63. The Kier molecular flexibility index (Phi) is 5.69. The molecule has 0 N–H and O–H groups in total. The van der Waals surface area contributed by atoms with E-state index in [1.807, 2.05) is 9.80 Å². The molecule has 0 aromatic carbocycles. The molecular formula is C22H33N3O4. The van der Waals surface area contributed by atoms with Gasteiger partial charge >= 0.3 is 6.03 Å². The van der Waals surface area contributed by atoms with Gasteiger partial charge in [0.15, 0.2) is 11.7 Å². The summed E-state index contributed by atoms with van der Waals surface area (Å²) < 4.78 is 11.3. The molecule has 3 fully saturated rings. The Bertz CT molecular complexity index is 745. The molecule has 7 nitrogen and oxygen atoms in total. The SMILES string of the molecule is CC(C)(C)c1coc(CC2CCN(C(=O)N3CC[C@H]4OCC(=O)C[C@H]4C3)CC2)n1. The van der Waals surface area contributed by atoms with Crippen molar-refractivity contribution in [2.24, 2.45) is 11.8 Å². The first-order valence-corrected chi connectivity index (χ1v) is 10.9. The lowest BCUT2D eigenvalue weighted by molar-refractivity contribution is -0.140. The summed E-state index contributed by atoms with van der Waals surface area (Å²) in [7, 11) is 0. The Morgan fingerprint density at radius 1 is 1.17 bits per heavy atom. The number of hydrogen-bond acceptors (Lipinski definition) is 5. The summed E-state index contributed by atoms with van der Waals surface area (Å²) in [4.78, 5) is 33.2. The number of nitrogens with zero attached hydrogens (tertiary/aromatic N) is 3. The highest BCUT2D eigenvalue weighted by atomic mass is 16.5. The van der Waals surface area contributed by atoms with Crippen LogP contribution in [0.5, 0.6) is 0 Å². The molecule has 7 heteroatoms. The van der Waals surface area contributed by atoms with Gasteiger partial charge in [0.2, 0.25) is 0 Å². The first kappa shape index (κ1) is 20.4. The number of rotatable bonds is 2. The fourth-order valence-corrected chi connectivity index (χ4v) is 4.68. The summed E-state index contributed by atoms with van der Waals surface area (Å²) in [6.45, 7) is 9.56. The lowest BCUT2D eigenvalue weighted by Crippen LogP contribution is -2.54. The number of likely N-dealkylation sites (tertiary alicyclic amines) is 2. The molecule has 0 bridgehead atoms. The van der Waals surface area contributed by atoms with E-state index >= 15 is 0 Å². The lowest BCUT2D eigenvalue weighted by Gasteiger charge is -2.43. The van der Waals surface area contributed by atoms with Crippen molar-refractivity contribution >= 4 is 11.8 Å². The Hall–Kier alpha value is -1.89. The molecule has 0 unspecified atom stereocenters. The molecule has 29 heavy (non-hydrogen) atoms. The van der Waals surface area contributed by atoms with Gasteiger partial charge in [0.25, 0.3) is 0 Å². The molecule has 3 aliphatic heterocycles. The molecule has 4 heterocycles. The Balaban J connectivity index is 1.26. The molecule has 160 valence electrons. The topological polar surface area (TPSA) is 75.9 Å². The number of urea groups is 1. The fourth-order valence-electron chi connectivity index (χ4n) is 4.68. The number of carbonyl (C=O) groups excluding carboxylic acids is 2. The van der Waals surface area contributed by atoms with Gasteiger partial charge in [0.1, 0.15) is 12.9 Å². The molecule has 0 saturated carbocycles. The largest absolute Gasteiger partial charge is 0.449 e. The zero-order valence-corrected chi connectivity index (χ0v) is 17.9. The molecule has 3 aliphatic rings. The van der Waals surface area contributed by atoms with Crippen LogP contribution in [0, 0.1) is 11.8 Å². The molecule has 1 aromatic heterocycles. The van der Waals surface area contributed by atoms with E-state index in [4.69, 9.17) is 9.15 Å². The number of Topliss-reactive ketones (excluding diaryl/α,β-unsaturated/α-hetero) is 1. The zero-order valence-electron chi connectivity index (χ0n) is 17.9. The first-order valence-electron chi connectivity index (χ1n) is 10.9. The minimum atomic E-state index is -0.00102. The number of aromatic nitrogens is 1. The van der Waals surface area contributed by atoms with Gasteiger partial charge in [-0.1, -0.05) is 20.8 Å². The van der Waals surface area contributed by atoms with E-state index in [0.29, 0.717) is 18.9 Å².